The highest BCUT2D eigenvalue weighted by Crippen LogP contribution is 2.19. The van der Waals surface area contributed by atoms with Gasteiger partial charge in [-0.05, 0) is 24.6 Å². The molecule has 0 bridgehead atoms. The molecule has 18 heavy (non-hydrogen) atoms. The Balaban J connectivity index is 2.69. The van der Waals surface area contributed by atoms with E-state index in [1.165, 1.54) is 13.0 Å². The molecule has 0 heterocycles. The second-order valence-electron chi connectivity index (χ2n) is 3.73. The van der Waals surface area contributed by atoms with Crippen LogP contribution in [0.4, 0.5) is 17.6 Å². The first-order valence-corrected chi connectivity index (χ1v) is 5.01. The lowest BCUT2D eigenvalue weighted by atomic mass is 10.1. The van der Waals surface area contributed by atoms with Gasteiger partial charge in [0.05, 0.1) is 6.54 Å². The summed E-state index contributed by atoms with van der Waals surface area (Å²) < 4.78 is 48.8. The van der Waals surface area contributed by atoms with E-state index in [0.717, 1.165) is 12.1 Å². The summed E-state index contributed by atoms with van der Waals surface area (Å²) in [6.45, 7) is 0.548. The minimum absolute atomic E-state index is 0.0654. The highest BCUT2D eigenvalue weighted by molar-refractivity contribution is 5.95. The fraction of sp³-hybridized carbons (Fsp3) is 0.364. The first-order valence-electron chi connectivity index (χ1n) is 5.01. The lowest BCUT2D eigenvalue weighted by Gasteiger charge is -2.15. The van der Waals surface area contributed by atoms with Gasteiger partial charge in [0.2, 0.25) is 0 Å². The van der Waals surface area contributed by atoms with Crippen LogP contribution in [-0.4, -0.2) is 29.8 Å². The van der Waals surface area contributed by atoms with Gasteiger partial charge in [0.15, 0.2) is 6.10 Å². The fourth-order valence-corrected chi connectivity index (χ4v) is 1.24. The maximum absolute atomic E-state index is 12.9. The molecule has 1 aromatic carbocycles. The van der Waals surface area contributed by atoms with Crippen LogP contribution in [-0.2, 0) is 0 Å². The summed E-state index contributed by atoms with van der Waals surface area (Å²) in [4.78, 5) is 11.5. The van der Waals surface area contributed by atoms with Crippen LogP contribution in [0.2, 0.25) is 0 Å². The number of hydrogen-bond donors (Lipinski definition) is 2. The first kappa shape index (κ1) is 14.4. The van der Waals surface area contributed by atoms with Crippen molar-refractivity contribution in [2.24, 2.45) is 0 Å². The van der Waals surface area contributed by atoms with Gasteiger partial charge in [0.1, 0.15) is 5.82 Å². The van der Waals surface area contributed by atoms with Gasteiger partial charge >= 0.3 is 6.18 Å². The van der Waals surface area contributed by atoms with Crippen LogP contribution in [0.15, 0.2) is 18.2 Å². The van der Waals surface area contributed by atoms with Gasteiger partial charge < -0.3 is 10.4 Å². The SMILES string of the molecule is Cc1ccc(F)cc1C(=O)NCC(O)C(F)(F)F. The molecule has 1 amide bonds. The van der Waals surface area contributed by atoms with Gasteiger partial charge in [0, 0.05) is 5.56 Å². The van der Waals surface area contributed by atoms with Crippen LogP contribution in [0, 0.1) is 12.7 Å². The summed E-state index contributed by atoms with van der Waals surface area (Å²) >= 11 is 0. The van der Waals surface area contributed by atoms with Gasteiger partial charge in [0.25, 0.3) is 5.91 Å². The molecule has 1 aromatic rings. The van der Waals surface area contributed by atoms with Crippen LogP contribution in [0.1, 0.15) is 15.9 Å². The van der Waals surface area contributed by atoms with Crippen LogP contribution in [0.3, 0.4) is 0 Å². The maximum atomic E-state index is 12.9. The minimum Gasteiger partial charge on any atom is -0.382 e. The molecular weight excluding hydrogens is 254 g/mol. The molecule has 100 valence electrons. The molecule has 1 unspecified atom stereocenters. The van der Waals surface area contributed by atoms with E-state index in [-0.39, 0.29) is 5.56 Å². The molecule has 0 aliphatic carbocycles. The van der Waals surface area contributed by atoms with Gasteiger partial charge in [-0.25, -0.2) is 4.39 Å². The van der Waals surface area contributed by atoms with Crippen LogP contribution < -0.4 is 5.32 Å². The van der Waals surface area contributed by atoms with Gasteiger partial charge in [-0.3, -0.25) is 4.79 Å². The minimum atomic E-state index is -4.80. The Hall–Kier alpha value is -1.63. The van der Waals surface area contributed by atoms with E-state index in [1.54, 1.807) is 0 Å². The Morgan fingerprint density at radius 3 is 2.61 bits per heavy atom. The Morgan fingerprint density at radius 2 is 2.06 bits per heavy atom. The molecule has 0 aromatic heterocycles. The highest BCUT2D eigenvalue weighted by Gasteiger charge is 2.38. The van der Waals surface area contributed by atoms with E-state index in [1.807, 2.05) is 5.32 Å². The monoisotopic (exact) mass is 265 g/mol. The molecular formula is C11H11F4NO2. The fourth-order valence-electron chi connectivity index (χ4n) is 1.24. The molecule has 0 fully saturated rings. The second kappa shape index (κ2) is 5.34. The van der Waals surface area contributed by atoms with Crippen molar-refractivity contribution in [3.05, 3.63) is 35.1 Å². The maximum Gasteiger partial charge on any atom is 0.416 e. The van der Waals surface area contributed by atoms with Crippen molar-refractivity contribution in [1.82, 2.24) is 5.32 Å². The Kier molecular flexibility index (Phi) is 4.28. The molecule has 0 saturated carbocycles. The van der Waals surface area contributed by atoms with Crippen molar-refractivity contribution >= 4 is 5.91 Å². The molecule has 7 heteroatoms. The van der Waals surface area contributed by atoms with Crippen molar-refractivity contribution in [3.8, 4) is 0 Å². The van der Waals surface area contributed by atoms with Crippen molar-refractivity contribution < 1.29 is 27.5 Å². The summed E-state index contributed by atoms with van der Waals surface area (Å²) in [6, 6.07) is 3.39. The molecule has 0 aliphatic rings. The average Bonchev–Trinajstić information content (AvgIpc) is 2.27. The number of carbonyl (C=O) groups is 1. The molecule has 0 aliphatic heterocycles. The Morgan fingerprint density at radius 1 is 1.44 bits per heavy atom. The number of amides is 1. The van der Waals surface area contributed by atoms with Gasteiger partial charge in [-0.2, -0.15) is 13.2 Å². The van der Waals surface area contributed by atoms with Crippen molar-refractivity contribution in [3.63, 3.8) is 0 Å². The summed E-state index contributed by atoms with van der Waals surface area (Å²) in [5.41, 5.74) is 0.361. The van der Waals surface area contributed by atoms with Crippen LogP contribution in [0.5, 0.6) is 0 Å². The zero-order valence-corrected chi connectivity index (χ0v) is 9.38. The Bertz CT molecular complexity index is 445. The van der Waals surface area contributed by atoms with Crippen molar-refractivity contribution in [2.75, 3.05) is 6.54 Å². The van der Waals surface area contributed by atoms with Crippen LogP contribution in [0.25, 0.3) is 0 Å². The first-order chi connectivity index (χ1) is 8.21. The van der Waals surface area contributed by atoms with Crippen LogP contribution >= 0.6 is 0 Å². The molecule has 2 N–H and O–H groups in total. The molecule has 0 spiro atoms. The predicted octanol–water partition coefficient (Wildman–Crippen LogP) is 1.79. The molecule has 1 rings (SSSR count). The van der Waals surface area contributed by atoms with E-state index in [2.05, 4.69) is 0 Å². The largest absolute Gasteiger partial charge is 0.416 e. The number of nitrogens with one attached hydrogen (secondary N) is 1. The summed E-state index contributed by atoms with van der Waals surface area (Å²) in [5, 5.41) is 10.6. The second-order valence-corrected chi connectivity index (χ2v) is 3.73. The van der Waals surface area contributed by atoms with E-state index in [4.69, 9.17) is 5.11 Å². The van der Waals surface area contributed by atoms with Gasteiger partial charge in [-0.1, -0.05) is 6.07 Å². The van der Waals surface area contributed by atoms with E-state index in [9.17, 15) is 22.4 Å². The standard InChI is InChI=1S/C11H11F4NO2/c1-6-2-3-7(12)4-8(6)10(18)16-5-9(17)11(13,14)15/h2-4,9,17H,5H2,1H3,(H,16,18). The number of halogens is 4. The number of benzene rings is 1. The number of alkyl halides is 3. The number of aryl methyl sites for hydroxylation is 1. The molecule has 0 radical (unpaired) electrons. The summed E-state index contributed by atoms with van der Waals surface area (Å²) in [7, 11) is 0. The Labute approximate surface area is 100 Å². The quantitative estimate of drug-likeness (QED) is 0.818. The molecule has 0 saturated heterocycles. The number of aliphatic hydroxyl groups is 1. The average molecular weight is 265 g/mol. The molecule has 1 atom stereocenters. The van der Waals surface area contributed by atoms with Crippen molar-refractivity contribution in [1.29, 1.82) is 0 Å². The number of rotatable bonds is 3. The van der Waals surface area contributed by atoms with Gasteiger partial charge in [-0.15, -0.1) is 0 Å². The summed E-state index contributed by atoms with van der Waals surface area (Å²) in [6.07, 6.45) is -7.44. The zero-order valence-electron chi connectivity index (χ0n) is 9.38. The topological polar surface area (TPSA) is 49.3 Å². The van der Waals surface area contributed by atoms with E-state index < -0.39 is 30.5 Å². The highest BCUT2D eigenvalue weighted by atomic mass is 19.4. The zero-order chi connectivity index (χ0) is 13.9. The summed E-state index contributed by atoms with van der Waals surface area (Å²) in [5.74, 6) is -1.53. The lowest BCUT2D eigenvalue weighted by Crippen LogP contribution is -2.40. The third-order valence-electron chi connectivity index (χ3n) is 2.28. The number of carbonyl (C=O) groups excluding carboxylic acids is 1. The third-order valence-corrected chi connectivity index (χ3v) is 2.28. The number of hydrogen-bond acceptors (Lipinski definition) is 2. The lowest BCUT2D eigenvalue weighted by molar-refractivity contribution is -0.201. The third kappa shape index (κ3) is 3.69. The van der Waals surface area contributed by atoms with E-state index in [0.29, 0.717) is 5.56 Å². The van der Waals surface area contributed by atoms with Crippen molar-refractivity contribution in [2.45, 2.75) is 19.2 Å². The predicted molar refractivity (Wildman–Crippen MR) is 55.5 cm³/mol. The van der Waals surface area contributed by atoms with E-state index >= 15 is 0 Å². The number of aliphatic hydroxyl groups excluding tert-OH is 1. The normalized spacial score (nSPS) is 13.2. The molecule has 3 nitrogen and oxygen atoms in total. The smallest absolute Gasteiger partial charge is 0.382 e.